The fourth-order valence-electron chi connectivity index (χ4n) is 2.53. The Morgan fingerprint density at radius 1 is 1.31 bits per heavy atom. The van der Waals surface area contributed by atoms with Crippen LogP contribution in [0.4, 0.5) is 0 Å². The topological polar surface area (TPSA) is 23.5 Å². The number of hydrogen-bond acceptors (Lipinski definition) is 2. The first-order valence-corrected chi connectivity index (χ1v) is 5.60. The van der Waals surface area contributed by atoms with E-state index >= 15 is 0 Å². The highest BCUT2D eigenvalue weighted by atomic mass is 16.3. The first-order chi connectivity index (χ1) is 6.20. The lowest BCUT2D eigenvalue weighted by Crippen LogP contribution is -2.43. The van der Waals surface area contributed by atoms with Crippen LogP contribution in [0.5, 0.6) is 0 Å². The van der Waals surface area contributed by atoms with Crippen molar-refractivity contribution in [1.82, 2.24) is 4.90 Å². The zero-order chi connectivity index (χ0) is 9.84. The molecule has 0 spiro atoms. The maximum atomic E-state index is 9.76. The zero-order valence-electron chi connectivity index (χ0n) is 9.16. The average molecular weight is 185 g/mol. The molecular formula is C11H23NO. The van der Waals surface area contributed by atoms with E-state index < -0.39 is 0 Å². The van der Waals surface area contributed by atoms with Gasteiger partial charge in [0, 0.05) is 12.1 Å². The van der Waals surface area contributed by atoms with Crippen LogP contribution in [0.3, 0.4) is 0 Å². The van der Waals surface area contributed by atoms with E-state index in [-0.39, 0.29) is 6.10 Å². The van der Waals surface area contributed by atoms with Gasteiger partial charge in [-0.2, -0.15) is 0 Å². The molecule has 13 heavy (non-hydrogen) atoms. The number of aliphatic hydroxyl groups excluding tert-OH is 1. The summed E-state index contributed by atoms with van der Waals surface area (Å²) in [5.74, 6) is 0. The van der Waals surface area contributed by atoms with Gasteiger partial charge in [0.2, 0.25) is 0 Å². The van der Waals surface area contributed by atoms with Crippen LogP contribution in [0.15, 0.2) is 0 Å². The Balaban J connectivity index is 2.49. The predicted octanol–water partition coefficient (Wildman–Crippen LogP) is 2.02. The number of aliphatic hydroxyl groups is 1. The minimum atomic E-state index is -0.0781. The first kappa shape index (κ1) is 11.0. The minimum absolute atomic E-state index is 0.0781. The molecule has 1 aliphatic rings. The molecule has 0 amide bonds. The van der Waals surface area contributed by atoms with E-state index in [9.17, 15) is 5.11 Å². The van der Waals surface area contributed by atoms with Crippen molar-refractivity contribution in [3.63, 3.8) is 0 Å². The van der Waals surface area contributed by atoms with Gasteiger partial charge in [-0.1, -0.05) is 13.8 Å². The predicted molar refractivity (Wildman–Crippen MR) is 55.8 cm³/mol. The fraction of sp³-hybridized carbons (Fsp3) is 1.00. The monoisotopic (exact) mass is 185 g/mol. The van der Waals surface area contributed by atoms with Gasteiger partial charge in [-0.3, -0.25) is 4.90 Å². The van der Waals surface area contributed by atoms with E-state index in [1.54, 1.807) is 0 Å². The van der Waals surface area contributed by atoms with E-state index in [1.165, 1.54) is 25.7 Å². The Hall–Kier alpha value is -0.0800. The second-order valence-electron chi connectivity index (χ2n) is 4.20. The van der Waals surface area contributed by atoms with Crippen molar-refractivity contribution in [2.75, 3.05) is 7.05 Å². The molecule has 1 aliphatic carbocycles. The van der Waals surface area contributed by atoms with Gasteiger partial charge >= 0.3 is 0 Å². The molecule has 1 rings (SSSR count). The van der Waals surface area contributed by atoms with Gasteiger partial charge in [0.25, 0.3) is 0 Å². The van der Waals surface area contributed by atoms with E-state index in [0.29, 0.717) is 12.1 Å². The molecule has 2 unspecified atom stereocenters. The van der Waals surface area contributed by atoms with Gasteiger partial charge in [-0.25, -0.2) is 0 Å². The highest BCUT2D eigenvalue weighted by molar-refractivity contribution is 4.86. The summed E-state index contributed by atoms with van der Waals surface area (Å²) < 4.78 is 0. The molecule has 1 N–H and O–H groups in total. The lowest BCUT2D eigenvalue weighted by atomic mass is 10.1. The van der Waals surface area contributed by atoms with Crippen LogP contribution in [-0.4, -0.2) is 35.2 Å². The molecule has 0 saturated heterocycles. The van der Waals surface area contributed by atoms with Crippen molar-refractivity contribution in [2.45, 2.75) is 64.1 Å². The van der Waals surface area contributed by atoms with E-state index in [2.05, 4.69) is 25.8 Å². The van der Waals surface area contributed by atoms with Crippen LogP contribution >= 0.6 is 0 Å². The van der Waals surface area contributed by atoms with Crippen LogP contribution in [0, 0.1) is 0 Å². The van der Waals surface area contributed by atoms with Crippen molar-refractivity contribution < 1.29 is 5.11 Å². The van der Waals surface area contributed by atoms with Crippen molar-refractivity contribution >= 4 is 0 Å². The van der Waals surface area contributed by atoms with Gasteiger partial charge in [0.05, 0.1) is 6.10 Å². The minimum Gasteiger partial charge on any atom is -0.391 e. The summed E-state index contributed by atoms with van der Waals surface area (Å²) in [7, 11) is 2.16. The molecule has 0 bridgehead atoms. The molecule has 0 aromatic carbocycles. The summed E-state index contributed by atoms with van der Waals surface area (Å²) in [5.41, 5.74) is 0. The lowest BCUT2D eigenvalue weighted by molar-refractivity contribution is 0.0588. The first-order valence-electron chi connectivity index (χ1n) is 5.60. The second kappa shape index (κ2) is 4.97. The molecule has 0 radical (unpaired) electrons. The average Bonchev–Trinajstić information content (AvgIpc) is 2.53. The Morgan fingerprint density at radius 3 is 2.31 bits per heavy atom. The number of likely N-dealkylation sites (N-methyl/N-ethyl adjacent to an activating group) is 1. The number of hydrogen-bond donors (Lipinski definition) is 1. The fourth-order valence-corrected chi connectivity index (χ4v) is 2.53. The Bertz CT molecular complexity index is 145. The molecule has 1 fully saturated rings. The van der Waals surface area contributed by atoms with Gasteiger partial charge in [0.15, 0.2) is 0 Å². The summed E-state index contributed by atoms with van der Waals surface area (Å²) in [6.45, 7) is 4.46. The molecule has 2 nitrogen and oxygen atoms in total. The van der Waals surface area contributed by atoms with Crippen LogP contribution in [-0.2, 0) is 0 Å². The molecule has 0 aromatic heterocycles. The third kappa shape index (κ3) is 2.44. The van der Waals surface area contributed by atoms with Gasteiger partial charge in [-0.15, -0.1) is 0 Å². The van der Waals surface area contributed by atoms with Crippen molar-refractivity contribution in [1.29, 1.82) is 0 Å². The van der Waals surface area contributed by atoms with E-state index in [1.807, 2.05) is 0 Å². The molecule has 0 aliphatic heterocycles. The molecular weight excluding hydrogens is 162 g/mol. The molecule has 2 atom stereocenters. The smallest absolute Gasteiger partial charge is 0.0695 e. The maximum absolute atomic E-state index is 9.76. The van der Waals surface area contributed by atoms with Gasteiger partial charge in [-0.05, 0) is 39.2 Å². The van der Waals surface area contributed by atoms with E-state index in [4.69, 9.17) is 0 Å². The van der Waals surface area contributed by atoms with Crippen molar-refractivity contribution in [2.24, 2.45) is 0 Å². The van der Waals surface area contributed by atoms with Crippen molar-refractivity contribution in [3.8, 4) is 0 Å². The van der Waals surface area contributed by atoms with Crippen LogP contribution in [0.2, 0.25) is 0 Å². The number of rotatable bonds is 4. The molecule has 78 valence electrons. The Labute approximate surface area is 81.9 Å². The molecule has 2 heteroatoms. The summed E-state index contributed by atoms with van der Waals surface area (Å²) in [6.07, 6.45) is 5.66. The number of nitrogens with zero attached hydrogens (tertiary/aromatic N) is 1. The third-order valence-corrected chi connectivity index (χ3v) is 3.49. The SMILES string of the molecule is CCC(CC)N(C)C1CCCC1O. The lowest BCUT2D eigenvalue weighted by Gasteiger charge is -2.33. The Morgan fingerprint density at radius 2 is 1.92 bits per heavy atom. The summed E-state index contributed by atoms with van der Waals surface area (Å²) in [4.78, 5) is 2.39. The second-order valence-corrected chi connectivity index (χ2v) is 4.20. The van der Waals surface area contributed by atoms with Crippen LogP contribution in [0.1, 0.15) is 46.0 Å². The molecule has 0 heterocycles. The highest BCUT2D eigenvalue weighted by Crippen LogP contribution is 2.25. The van der Waals surface area contributed by atoms with Crippen LogP contribution in [0.25, 0.3) is 0 Å². The maximum Gasteiger partial charge on any atom is 0.0695 e. The van der Waals surface area contributed by atoms with Gasteiger partial charge in [0.1, 0.15) is 0 Å². The zero-order valence-corrected chi connectivity index (χ0v) is 9.16. The summed E-state index contributed by atoms with van der Waals surface area (Å²) in [5, 5.41) is 9.76. The normalized spacial score (nSPS) is 29.1. The third-order valence-electron chi connectivity index (χ3n) is 3.49. The quantitative estimate of drug-likeness (QED) is 0.724. The standard InChI is InChI=1S/C11H23NO/c1-4-9(5-2)12(3)10-7-6-8-11(10)13/h9-11,13H,4-8H2,1-3H3. The van der Waals surface area contributed by atoms with Crippen molar-refractivity contribution in [3.05, 3.63) is 0 Å². The highest BCUT2D eigenvalue weighted by Gasteiger charge is 2.30. The Kier molecular flexibility index (Phi) is 4.20. The largest absolute Gasteiger partial charge is 0.391 e. The summed E-state index contributed by atoms with van der Waals surface area (Å²) >= 11 is 0. The van der Waals surface area contributed by atoms with Crippen LogP contribution < -0.4 is 0 Å². The summed E-state index contributed by atoms with van der Waals surface area (Å²) in [6, 6.07) is 1.07. The molecule has 1 saturated carbocycles. The van der Waals surface area contributed by atoms with E-state index in [0.717, 1.165) is 6.42 Å². The molecule has 0 aromatic rings. The van der Waals surface area contributed by atoms with Gasteiger partial charge < -0.3 is 5.11 Å².